The molecule has 0 aliphatic carbocycles. The van der Waals surface area contributed by atoms with E-state index in [1.807, 2.05) is 38.1 Å². The quantitative estimate of drug-likeness (QED) is 0.301. The third-order valence-electron chi connectivity index (χ3n) is 5.29. The minimum absolute atomic E-state index is 0.0234. The molecule has 0 saturated carbocycles. The molecule has 162 valence electrons. The second-order valence-corrected chi connectivity index (χ2v) is 8.23. The van der Waals surface area contributed by atoms with E-state index >= 15 is 0 Å². The van der Waals surface area contributed by atoms with Crippen molar-refractivity contribution in [1.29, 1.82) is 0 Å². The van der Waals surface area contributed by atoms with Crippen LogP contribution >= 0.6 is 15.9 Å². The minimum Gasteiger partial charge on any atom is -0.507 e. The van der Waals surface area contributed by atoms with Gasteiger partial charge in [-0.15, -0.1) is 0 Å². The number of Topliss-reactive ketones (excluding diaryl/α,β-unsaturated/α-hetero) is 1. The molecule has 2 heterocycles. The van der Waals surface area contributed by atoms with E-state index in [1.54, 1.807) is 42.6 Å². The van der Waals surface area contributed by atoms with Crippen molar-refractivity contribution >= 4 is 39.2 Å². The lowest BCUT2D eigenvalue weighted by atomic mass is 9.94. The Kier molecular flexibility index (Phi) is 6.10. The number of hydrogen-bond acceptors (Lipinski definition) is 5. The molecule has 4 rings (SSSR count). The second kappa shape index (κ2) is 8.96. The van der Waals surface area contributed by atoms with Crippen LogP contribution in [0.5, 0.6) is 5.75 Å². The smallest absolute Gasteiger partial charge is 0.301 e. The number of carbonyl (C=O) groups excluding carboxylic acids is 2. The van der Waals surface area contributed by atoms with Crippen molar-refractivity contribution in [3.8, 4) is 5.75 Å². The first-order valence-corrected chi connectivity index (χ1v) is 10.9. The van der Waals surface area contributed by atoms with Gasteiger partial charge in [-0.25, -0.2) is 4.98 Å². The Morgan fingerprint density at radius 3 is 2.50 bits per heavy atom. The highest BCUT2D eigenvalue weighted by atomic mass is 79.9. The Labute approximate surface area is 194 Å². The fourth-order valence-electron chi connectivity index (χ4n) is 3.83. The molecule has 0 spiro atoms. The van der Waals surface area contributed by atoms with E-state index in [0.717, 1.165) is 10.0 Å². The molecular weight excluding hydrogens is 472 g/mol. The monoisotopic (exact) mass is 492 g/mol. The van der Waals surface area contributed by atoms with E-state index in [-0.39, 0.29) is 11.3 Å². The Morgan fingerprint density at radius 1 is 1.12 bits per heavy atom. The first-order chi connectivity index (χ1) is 15.4. The van der Waals surface area contributed by atoms with Gasteiger partial charge in [0.05, 0.1) is 18.2 Å². The largest absolute Gasteiger partial charge is 0.507 e. The summed E-state index contributed by atoms with van der Waals surface area (Å²) < 4.78 is 6.38. The number of hydrogen-bond donors (Lipinski definition) is 1. The predicted molar refractivity (Wildman–Crippen MR) is 126 cm³/mol. The number of aromatic nitrogens is 1. The van der Waals surface area contributed by atoms with Crippen LogP contribution in [0.1, 0.15) is 29.7 Å². The fourth-order valence-corrected chi connectivity index (χ4v) is 4.09. The number of pyridine rings is 1. The van der Waals surface area contributed by atoms with Crippen LogP contribution < -0.4 is 9.64 Å². The molecule has 1 aromatic heterocycles. The molecule has 1 atom stereocenters. The molecule has 7 heteroatoms. The van der Waals surface area contributed by atoms with Gasteiger partial charge in [-0.05, 0) is 67.4 Å². The van der Waals surface area contributed by atoms with E-state index in [9.17, 15) is 14.7 Å². The first kappa shape index (κ1) is 21.8. The summed E-state index contributed by atoms with van der Waals surface area (Å²) in [6.07, 6.45) is 1.56. The van der Waals surface area contributed by atoms with Crippen molar-refractivity contribution in [2.24, 2.45) is 0 Å². The molecule has 1 fully saturated rings. The molecule has 1 N–H and O–H groups in total. The Morgan fingerprint density at radius 2 is 1.88 bits per heavy atom. The molecule has 32 heavy (non-hydrogen) atoms. The van der Waals surface area contributed by atoms with Gasteiger partial charge in [-0.3, -0.25) is 14.5 Å². The van der Waals surface area contributed by atoms with Gasteiger partial charge in [-0.1, -0.05) is 34.1 Å². The third kappa shape index (κ3) is 3.91. The van der Waals surface area contributed by atoms with Crippen LogP contribution in [0.15, 0.2) is 76.9 Å². The van der Waals surface area contributed by atoms with Gasteiger partial charge >= 0.3 is 5.91 Å². The number of rotatable bonds is 5. The number of benzene rings is 2. The highest BCUT2D eigenvalue weighted by molar-refractivity contribution is 9.10. The van der Waals surface area contributed by atoms with E-state index in [0.29, 0.717) is 29.3 Å². The zero-order valence-corrected chi connectivity index (χ0v) is 19.2. The van der Waals surface area contributed by atoms with Gasteiger partial charge in [0.25, 0.3) is 5.78 Å². The molecule has 1 amide bonds. The Balaban J connectivity index is 1.91. The van der Waals surface area contributed by atoms with Crippen molar-refractivity contribution in [2.75, 3.05) is 11.5 Å². The number of aliphatic hydroxyl groups excluding tert-OH is 1. The standard InChI is InChI=1S/C25H21BrN2O4/c1-3-32-18-11-12-19(15(2)14-18)23(29)21-22(16-7-9-17(26)10-8-16)28(25(31)24(21)30)20-6-4-5-13-27-20/h4-14,22,29H,3H2,1-2H3. The lowest BCUT2D eigenvalue weighted by Gasteiger charge is -2.24. The van der Waals surface area contributed by atoms with Crippen LogP contribution in [0, 0.1) is 6.92 Å². The summed E-state index contributed by atoms with van der Waals surface area (Å²) in [5.74, 6) is -0.712. The molecule has 1 saturated heterocycles. The van der Waals surface area contributed by atoms with E-state index < -0.39 is 17.7 Å². The highest BCUT2D eigenvalue weighted by Gasteiger charge is 2.47. The Hall–Kier alpha value is -3.45. The maximum Gasteiger partial charge on any atom is 0.301 e. The Bertz CT molecular complexity index is 1210. The van der Waals surface area contributed by atoms with Crippen molar-refractivity contribution in [2.45, 2.75) is 19.9 Å². The van der Waals surface area contributed by atoms with Crippen LogP contribution in [0.2, 0.25) is 0 Å². The molecule has 1 unspecified atom stereocenters. The first-order valence-electron chi connectivity index (χ1n) is 10.1. The van der Waals surface area contributed by atoms with Crippen LogP contribution in [-0.4, -0.2) is 28.4 Å². The molecule has 1 aliphatic rings. The van der Waals surface area contributed by atoms with Crippen LogP contribution in [0.3, 0.4) is 0 Å². The number of carbonyl (C=O) groups is 2. The molecule has 0 radical (unpaired) electrons. The molecule has 3 aromatic rings. The van der Waals surface area contributed by atoms with Crippen molar-refractivity contribution in [1.82, 2.24) is 4.98 Å². The SMILES string of the molecule is CCOc1ccc(C(O)=C2C(=O)C(=O)N(c3ccccn3)C2c2ccc(Br)cc2)c(C)c1. The molecule has 0 bridgehead atoms. The van der Waals surface area contributed by atoms with Gasteiger partial charge in [-0.2, -0.15) is 0 Å². The summed E-state index contributed by atoms with van der Waals surface area (Å²) in [5.41, 5.74) is 1.90. The zero-order chi connectivity index (χ0) is 22.8. The summed E-state index contributed by atoms with van der Waals surface area (Å²) in [6, 6.07) is 16.8. The van der Waals surface area contributed by atoms with Crippen LogP contribution in [-0.2, 0) is 9.59 Å². The van der Waals surface area contributed by atoms with E-state index in [2.05, 4.69) is 20.9 Å². The number of halogens is 1. The average molecular weight is 493 g/mol. The molecule has 1 aliphatic heterocycles. The maximum absolute atomic E-state index is 13.2. The fraction of sp³-hybridized carbons (Fsp3) is 0.160. The average Bonchev–Trinajstić information content (AvgIpc) is 3.05. The lowest BCUT2D eigenvalue weighted by Crippen LogP contribution is -2.30. The van der Waals surface area contributed by atoms with Gasteiger partial charge < -0.3 is 9.84 Å². The van der Waals surface area contributed by atoms with Crippen molar-refractivity contribution < 1.29 is 19.4 Å². The number of aryl methyl sites for hydroxylation is 1. The normalized spacial score (nSPS) is 17.6. The summed E-state index contributed by atoms with van der Waals surface area (Å²) in [4.78, 5) is 31.9. The second-order valence-electron chi connectivity index (χ2n) is 7.32. The molecule has 2 aromatic carbocycles. The number of amides is 1. The minimum atomic E-state index is -0.816. The van der Waals surface area contributed by atoms with Gasteiger partial charge in [0, 0.05) is 16.2 Å². The molecular formula is C25H21BrN2O4. The lowest BCUT2D eigenvalue weighted by molar-refractivity contribution is -0.132. The van der Waals surface area contributed by atoms with Crippen LogP contribution in [0.25, 0.3) is 5.76 Å². The summed E-state index contributed by atoms with van der Waals surface area (Å²) >= 11 is 3.41. The van der Waals surface area contributed by atoms with Crippen molar-refractivity contribution in [3.05, 3.63) is 93.6 Å². The van der Waals surface area contributed by atoms with E-state index in [4.69, 9.17) is 4.74 Å². The highest BCUT2D eigenvalue weighted by Crippen LogP contribution is 2.42. The van der Waals surface area contributed by atoms with Gasteiger partial charge in [0.2, 0.25) is 0 Å². The maximum atomic E-state index is 13.2. The summed E-state index contributed by atoms with van der Waals surface area (Å²) in [7, 11) is 0. The zero-order valence-electron chi connectivity index (χ0n) is 17.6. The number of aliphatic hydroxyl groups is 1. The number of anilines is 1. The number of ether oxygens (including phenoxy) is 1. The molecule has 6 nitrogen and oxygen atoms in total. The topological polar surface area (TPSA) is 79.7 Å². The van der Waals surface area contributed by atoms with Crippen molar-refractivity contribution in [3.63, 3.8) is 0 Å². The summed E-state index contributed by atoms with van der Waals surface area (Å²) in [5, 5.41) is 11.3. The number of ketones is 1. The summed E-state index contributed by atoms with van der Waals surface area (Å²) in [6.45, 7) is 4.23. The van der Waals surface area contributed by atoms with Gasteiger partial charge in [0.15, 0.2) is 0 Å². The third-order valence-corrected chi connectivity index (χ3v) is 5.82. The van der Waals surface area contributed by atoms with E-state index in [1.165, 1.54) is 4.90 Å². The number of nitrogens with zero attached hydrogens (tertiary/aromatic N) is 2. The van der Waals surface area contributed by atoms with Gasteiger partial charge in [0.1, 0.15) is 17.3 Å². The predicted octanol–water partition coefficient (Wildman–Crippen LogP) is 5.18. The van der Waals surface area contributed by atoms with Crippen LogP contribution in [0.4, 0.5) is 5.82 Å².